The number of halogens is 1. The second-order valence-electron chi connectivity index (χ2n) is 9.62. The molecule has 0 unspecified atom stereocenters. The summed E-state index contributed by atoms with van der Waals surface area (Å²) in [6.45, 7) is 12.5. The molecule has 0 saturated carbocycles. The third-order valence-electron chi connectivity index (χ3n) is 6.56. The number of carbonyl (C=O) groups is 2. The van der Waals surface area contributed by atoms with Crippen molar-refractivity contribution < 1.29 is 14.3 Å². The number of fused-ring (bicyclic) bond motifs is 1. The van der Waals surface area contributed by atoms with Crippen LogP contribution < -0.4 is 15.5 Å². The van der Waals surface area contributed by atoms with E-state index in [9.17, 15) is 9.59 Å². The molecule has 2 N–H and O–H groups in total. The van der Waals surface area contributed by atoms with Crippen LogP contribution in [0.2, 0.25) is 0 Å². The fourth-order valence-corrected chi connectivity index (χ4v) is 4.98. The van der Waals surface area contributed by atoms with Crippen LogP contribution in [0.15, 0.2) is 42.5 Å². The second-order valence-corrected chi connectivity index (χ2v) is 9.62. The molecule has 1 saturated heterocycles. The van der Waals surface area contributed by atoms with Crippen LogP contribution in [0.5, 0.6) is 0 Å². The molecule has 4 rings (SSSR count). The number of hydrogen-bond acceptors (Lipinski definition) is 5. The largest absolute Gasteiger partial charge is 0.447 e. The van der Waals surface area contributed by atoms with Crippen LogP contribution in [0.4, 0.5) is 10.5 Å². The maximum absolute atomic E-state index is 12.4. The minimum atomic E-state index is -0.433. The standard InChI is InChI=1S/C27H36N4O3.ClH/c1-18(2)34-27(33)29-25-15-19(3)31(20(4)32)26-10-9-23(16-24(25)26)22-7-5-21(6-8-22)17-30-13-11-28-12-14-30;/h5-10,16,18-19,25,28H,11-15,17H2,1-4H3,(H,29,33);1H/t19-,25+;/m0./s1. The summed E-state index contributed by atoms with van der Waals surface area (Å²) < 4.78 is 5.33. The summed E-state index contributed by atoms with van der Waals surface area (Å²) in [4.78, 5) is 29.1. The van der Waals surface area contributed by atoms with E-state index in [1.165, 1.54) is 5.56 Å². The average Bonchev–Trinajstić information content (AvgIpc) is 2.79. The highest BCUT2D eigenvalue weighted by atomic mass is 35.5. The van der Waals surface area contributed by atoms with Crippen LogP contribution in [0, 0.1) is 0 Å². The van der Waals surface area contributed by atoms with Crippen LogP contribution in [-0.4, -0.2) is 55.2 Å². The molecule has 2 aromatic rings. The summed E-state index contributed by atoms with van der Waals surface area (Å²) >= 11 is 0. The van der Waals surface area contributed by atoms with Crippen molar-refractivity contribution >= 4 is 30.1 Å². The molecule has 7 nitrogen and oxygen atoms in total. The Kier molecular flexibility index (Phi) is 9.16. The van der Waals surface area contributed by atoms with Crippen molar-refractivity contribution in [3.8, 4) is 11.1 Å². The lowest BCUT2D eigenvalue weighted by Crippen LogP contribution is -2.45. The number of benzene rings is 2. The van der Waals surface area contributed by atoms with Gasteiger partial charge in [-0.2, -0.15) is 0 Å². The Hall–Kier alpha value is -2.61. The van der Waals surface area contributed by atoms with E-state index in [1.54, 1.807) is 6.92 Å². The monoisotopic (exact) mass is 500 g/mol. The predicted octanol–water partition coefficient (Wildman–Crippen LogP) is 4.50. The van der Waals surface area contributed by atoms with Crippen molar-refractivity contribution in [2.75, 3.05) is 31.1 Å². The number of hydrogen-bond donors (Lipinski definition) is 2. The van der Waals surface area contributed by atoms with E-state index in [-0.39, 0.29) is 36.5 Å². The van der Waals surface area contributed by atoms with Crippen LogP contribution in [0.1, 0.15) is 51.3 Å². The molecule has 0 bridgehead atoms. The summed E-state index contributed by atoms with van der Waals surface area (Å²) in [6, 6.07) is 14.6. The van der Waals surface area contributed by atoms with Crippen molar-refractivity contribution in [2.24, 2.45) is 0 Å². The summed E-state index contributed by atoms with van der Waals surface area (Å²) in [5.41, 5.74) is 5.27. The van der Waals surface area contributed by atoms with Gasteiger partial charge in [-0.3, -0.25) is 9.69 Å². The number of ether oxygens (including phenoxy) is 1. The maximum atomic E-state index is 12.4. The van der Waals surface area contributed by atoms with Crippen molar-refractivity contribution in [3.63, 3.8) is 0 Å². The lowest BCUT2D eigenvalue weighted by atomic mass is 9.89. The van der Waals surface area contributed by atoms with E-state index in [0.29, 0.717) is 6.42 Å². The van der Waals surface area contributed by atoms with Crippen molar-refractivity contribution in [3.05, 3.63) is 53.6 Å². The van der Waals surface area contributed by atoms with Gasteiger partial charge in [0.2, 0.25) is 5.91 Å². The smallest absolute Gasteiger partial charge is 0.407 e. The Morgan fingerprint density at radius 3 is 2.37 bits per heavy atom. The highest BCUT2D eigenvalue weighted by Gasteiger charge is 2.33. The second kappa shape index (κ2) is 11.9. The number of anilines is 1. The first-order valence-electron chi connectivity index (χ1n) is 12.2. The summed E-state index contributed by atoms with van der Waals surface area (Å²) in [7, 11) is 0. The molecule has 8 heteroatoms. The van der Waals surface area contributed by atoms with E-state index in [2.05, 4.69) is 51.9 Å². The molecule has 0 aliphatic carbocycles. The quantitative estimate of drug-likeness (QED) is 0.632. The molecule has 1 fully saturated rings. The van der Waals surface area contributed by atoms with Gasteiger partial charge in [0.1, 0.15) is 0 Å². The minimum absolute atomic E-state index is 0. The van der Waals surface area contributed by atoms with Gasteiger partial charge >= 0.3 is 6.09 Å². The van der Waals surface area contributed by atoms with Gasteiger partial charge < -0.3 is 20.3 Å². The Labute approximate surface area is 214 Å². The number of nitrogens with one attached hydrogen (secondary N) is 2. The van der Waals surface area contributed by atoms with Crippen LogP contribution in [0.25, 0.3) is 11.1 Å². The Bertz CT molecular complexity index is 1020. The van der Waals surface area contributed by atoms with E-state index in [1.807, 2.05) is 31.7 Å². The van der Waals surface area contributed by atoms with Gasteiger partial charge in [-0.1, -0.05) is 30.3 Å². The van der Waals surface area contributed by atoms with Crippen molar-refractivity contribution in [2.45, 2.75) is 58.8 Å². The first-order valence-corrected chi connectivity index (χ1v) is 12.2. The third-order valence-corrected chi connectivity index (χ3v) is 6.56. The number of rotatable bonds is 5. The lowest BCUT2D eigenvalue weighted by Gasteiger charge is -2.39. The fraction of sp³-hybridized carbons (Fsp3) is 0.481. The summed E-state index contributed by atoms with van der Waals surface area (Å²) in [5.74, 6) is 0.00183. The Morgan fingerprint density at radius 1 is 1.09 bits per heavy atom. The van der Waals surface area contributed by atoms with E-state index in [0.717, 1.165) is 55.1 Å². The van der Waals surface area contributed by atoms with Gasteiger partial charge in [-0.05, 0) is 61.6 Å². The molecular formula is C27H37ClN4O3. The number of carbonyl (C=O) groups excluding carboxylic acids is 2. The molecule has 2 atom stereocenters. The van der Waals surface area contributed by atoms with E-state index < -0.39 is 6.09 Å². The SMILES string of the molecule is CC(=O)N1c2ccc(-c3ccc(CN4CCNCC4)cc3)cc2[C@H](NC(=O)OC(C)C)C[C@@H]1C.Cl. The summed E-state index contributed by atoms with van der Waals surface area (Å²) in [6.07, 6.45) is 0.00435. The molecule has 2 aliphatic rings. The molecule has 0 radical (unpaired) electrons. The first-order chi connectivity index (χ1) is 16.3. The predicted molar refractivity (Wildman–Crippen MR) is 142 cm³/mol. The minimum Gasteiger partial charge on any atom is -0.447 e. The Balaban J connectivity index is 0.00000342. The molecule has 2 amide bonds. The van der Waals surface area contributed by atoms with Crippen molar-refractivity contribution in [1.82, 2.24) is 15.5 Å². The van der Waals surface area contributed by atoms with Gasteiger partial charge in [0.05, 0.1) is 12.1 Å². The number of alkyl carbamates (subject to hydrolysis) is 1. The molecule has 0 aromatic heterocycles. The molecule has 190 valence electrons. The normalized spacial score (nSPS) is 20.1. The van der Waals surface area contributed by atoms with Gasteiger partial charge in [0.15, 0.2) is 0 Å². The molecule has 2 aromatic carbocycles. The highest BCUT2D eigenvalue weighted by Crippen LogP contribution is 2.39. The zero-order valence-corrected chi connectivity index (χ0v) is 21.9. The van der Waals surface area contributed by atoms with Crippen LogP contribution >= 0.6 is 12.4 Å². The molecule has 2 aliphatic heterocycles. The zero-order valence-electron chi connectivity index (χ0n) is 21.0. The maximum Gasteiger partial charge on any atom is 0.407 e. The topological polar surface area (TPSA) is 73.9 Å². The first kappa shape index (κ1) is 27.0. The van der Waals surface area contributed by atoms with E-state index >= 15 is 0 Å². The Morgan fingerprint density at radius 2 is 1.74 bits per heavy atom. The van der Waals surface area contributed by atoms with Gasteiger partial charge in [0.25, 0.3) is 0 Å². The lowest BCUT2D eigenvalue weighted by molar-refractivity contribution is -0.117. The zero-order chi connectivity index (χ0) is 24.2. The molecular weight excluding hydrogens is 464 g/mol. The third kappa shape index (κ3) is 6.54. The van der Waals surface area contributed by atoms with E-state index in [4.69, 9.17) is 4.74 Å². The number of amides is 2. The fourth-order valence-electron chi connectivity index (χ4n) is 4.98. The van der Waals surface area contributed by atoms with Gasteiger partial charge in [-0.15, -0.1) is 12.4 Å². The van der Waals surface area contributed by atoms with Crippen LogP contribution in [0.3, 0.4) is 0 Å². The van der Waals surface area contributed by atoms with Crippen LogP contribution in [-0.2, 0) is 16.1 Å². The highest BCUT2D eigenvalue weighted by molar-refractivity contribution is 5.94. The van der Waals surface area contributed by atoms with Crippen molar-refractivity contribution in [1.29, 1.82) is 0 Å². The molecule has 0 spiro atoms. The van der Waals surface area contributed by atoms with Gasteiger partial charge in [-0.25, -0.2) is 4.79 Å². The number of nitrogens with zero attached hydrogens (tertiary/aromatic N) is 2. The number of piperazine rings is 1. The molecule has 2 heterocycles. The summed E-state index contributed by atoms with van der Waals surface area (Å²) in [5, 5.41) is 6.41. The van der Waals surface area contributed by atoms with Gasteiger partial charge in [0, 0.05) is 51.4 Å². The average molecular weight is 501 g/mol. The molecule has 35 heavy (non-hydrogen) atoms.